The van der Waals surface area contributed by atoms with Crippen LogP contribution in [0.3, 0.4) is 0 Å². The number of nitrogens with zero attached hydrogens (tertiary/aromatic N) is 6. The van der Waals surface area contributed by atoms with Crippen molar-refractivity contribution in [1.29, 1.82) is 0 Å². The molecule has 0 aliphatic carbocycles. The first-order chi connectivity index (χ1) is 12.7. The average molecular weight is 352 g/mol. The molecule has 1 fully saturated rings. The summed E-state index contributed by atoms with van der Waals surface area (Å²) in [7, 11) is 1.83. The zero-order valence-electron chi connectivity index (χ0n) is 14.6. The summed E-state index contributed by atoms with van der Waals surface area (Å²) in [4.78, 5) is 23.3. The molecular weight excluding hydrogens is 332 g/mol. The number of rotatable bonds is 5. The van der Waals surface area contributed by atoms with Gasteiger partial charge in [0.15, 0.2) is 5.78 Å². The van der Waals surface area contributed by atoms with E-state index in [-0.39, 0.29) is 5.78 Å². The minimum absolute atomic E-state index is 0.164. The Balaban J connectivity index is 1.51. The minimum atomic E-state index is 0.164. The van der Waals surface area contributed by atoms with E-state index in [1.54, 1.807) is 17.1 Å². The van der Waals surface area contributed by atoms with Crippen molar-refractivity contribution in [3.05, 3.63) is 36.4 Å². The van der Waals surface area contributed by atoms with Gasteiger partial charge in [-0.1, -0.05) is 5.21 Å². The van der Waals surface area contributed by atoms with Gasteiger partial charge >= 0.3 is 0 Å². The summed E-state index contributed by atoms with van der Waals surface area (Å²) in [5, 5.41) is 9.01. The first kappa shape index (κ1) is 16.7. The lowest BCUT2D eigenvalue weighted by molar-refractivity contribution is -0.120. The maximum atomic E-state index is 12.3. The van der Waals surface area contributed by atoms with Crippen molar-refractivity contribution >= 4 is 16.7 Å². The third kappa shape index (κ3) is 3.76. The lowest BCUT2D eigenvalue weighted by atomic mass is 10.1. The summed E-state index contributed by atoms with van der Waals surface area (Å²) in [5.41, 5.74) is 3.21. The predicted octanol–water partition coefficient (Wildman–Crippen LogP) is 0.869. The summed E-state index contributed by atoms with van der Waals surface area (Å²) in [6.07, 6.45) is 5.64. The molecule has 0 spiro atoms. The van der Waals surface area contributed by atoms with Crippen LogP contribution in [0.4, 0.5) is 0 Å². The van der Waals surface area contributed by atoms with Crippen molar-refractivity contribution < 1.29 is 9.53 Å². The Bertz CT molecular complexity index is 932. The van der Waals surface area contributed by atoms with Crippen molar-refractivity contribution in [3.8, 4) is 11.3 Å². The van der Waals surface area contributed by atoms with E-state index >= 15 is 0 Å². The molecule has 1 aliphatic heterocycles. The second-order valence-electron chi connectivity index (χ2n) is 6.47. The van der Waals surface area contributed by atoms with Crippen molar-refractivity contribution in [2.45, 2.75) is 6.42 Å². The molecule has 0 aromatic carbocycles. The molecule has 26 heavy (non-hydrogen) atoms. The number of fused-ring (bicyclic) bond motifs is 1. The molecular formula is C18H20N6O2. The predicted molar refractivity (Wildman–Crippen MR) is 95.5 cm³/mol. The normalized spacial score (nSPS) is 15.4. The number of ketones is 1. The van der Waals surface area contributed by atoms with Gasteiger partial charge in [0.05, 0.1) is 44.1 Å². The number of hydrogen-bond donors (Lipinski definition) is 0. The molecule has 0 saturated carbocycles. The molecule has 1 saturated heterocycles. The van der Waals surface area contributed by atoms with Crippen LogP contribution in [-0.2, 0) is 23.0 Å². The largest absolute Gasteiger partial charge is 0.379 e. The van der Waals surface area contributed by atoms with Gasteiger partial charge in [0.1, 0.15) is 5.69 Å². The number of hydrogen-bond acceptors (Lipinski definition) is 7. The Hall–Kier alpha value is -2.71. The number of Topliss-reactive ketones (excluding diaryl/α,β-unsaturated/α-hetero) is 1. The summed E-state index contributed by atoms with van der Waals surface area (Å²) >= 11 is 0. The highest BCUT2D eigenvalue weighted by Crippen LogP contribution is 2.21. The summed E-state index contributed by atoms with van der Waals surface area (Å²) in [6, 6.07) is 3.93. The first-order valence-electron chi connectivity index (χ1n) is 8.60. The van der Waals surface area contributed by atoms with E-state index in [4.69, 9.17) is 4.74 Å². The van der Waals surface area contributed by atoms with Crippen molar-refractivity contribution in [2.75, 3.05) is 32.8 Å². The second kappa shape index (κ2) is 7.27. The van der Waals surface area contributed by atoms with E-state index in [1.165, 1.54) is 0 Å². The van der Waals surface area contributed by atoms with Crippen molar-refractivity contribution in [3.63, 3.8) is 0 Å². The van der Waals surface area contributed by atoms with Crippen molar-refractivity contribution in [1.82, 2.24) is 29.9 Å². The fourth-order valence-electron chi connectivity index (χ4n) is 3.06. The SMILES string of the molecule is Cn1cc(-c2cnc3cnc(CC(=O)CN4CCOCC4)cc3c2)nn1. The monoisotopic (exact) mass is 352 g/mol. The lowest BCUT2D eigenvalue weighted by Gasteiger charge is -2.25. The first-order valence-corrected chi connectivity index (χ1v) is 8.60. The van der Waals surface area contributed by atoms with E-state index < -0.39 is 0 Å². The molecule has 3 aromatic rings. The number of ether oxygens (including phenoxy) is 1. The molecule has 0 amide bonds. The smallest absolute Gasteiger partial charge is 0.152 e. The maximum absolute atomic E-state index is 12.3. The van der Waals surface area contributed by atoms with Gasteiger partial charge < -0.3 is 4.74 Å². The van der Waals surface area contributed by atoms with Gasteiger partial charge in [-0.3, -0.25) is 24.3 Å². The van der Waals surface area contributed by atoms with E-state index in [0.717, 1.165) is 40.9 Å². The highest BCUT2D eigenvalue weighted by atomic mass is 16.5. The number of carbonyl (C=O) groups is 1. The highest BCUT2D eigenvalue weighted by molar-refractivity contribution is 5.85. The number of aromatic nitrogens is 5. The number of carbonyl (C=O) groups excluding carboxylic acids is 1. The zero-order valence-corrected chi connectivity index (χ0v) is 14.6. The van der Waals surface area contributed by atoms with Crippen LogP contribution in [0.1, 0.15) is 5.69 Å². The van der Waals surface area contributed by atoms with Gasteiger partial charge in [0.2, 0.25) is 0 Å². The number of pyridine rings is 2. The standard InChI is InChI=1S/C18H20N6O2/c1-23-12-18(21-22-23)14-6-13-7-15(19-10-17(13)20-9-14)8-16(25)11-24-2-4-26-5-3-24/h6-7,9-10,12H,2-5,8,11H2,1H3. The zero-order chi connectivity index (χ0) is 17.9. The number of aryl methyl sites for hydroxylation is 1. The van der Waals surface area contributed by atoms with E-state index in [2.05, 4.69) is 25.2 Å². The van der Waals surface area contributed by atoms with Crippen LogP contribution in [0, 0.1) is 0 Å². The molecule has 1 aliphatic rings. The Morgan fingerprint density at radius 2 is 2.04 bits per heavy atom. The fraction of sp³-hybridized carbons (Fsp3) is 0.389. The van der Waals surface area contributed by atoms with Crippen LogP contribution in [0.25, 0.3) is 22.2 Å². The van der Waals surface area contributed by atoms with E-state index in [0.29, 0.717) is 26.2 Å². The van der Waals surface area contributed by atoms with Gasteiger partial charge in [-0.25, -0.2) is 0 Å². The Morgan fingerprint density at radius 1 is 1.19 bits per heavy atom. The maximum Gasteiger partial charge on any atom is 0.152 e. The fourth-order valence-corrected chi connectivity index (χ4v) is 3.06. The molecule has 4 heterocycles. The second-order valence-corrected chi connectivity index (χ2v) is 6.47. The molecule has 0 unspecified atom stereocenters. The topological polar surface area (TPSA) is 86.0 Å². The summed E-state index contributed by atoms with van der Waals surface area (Å²) in [6.45, 7) is 3.45. The van der Waals surface area contributed by atoms with Crippen LogP contribution in [0.2, 0.25) is 0 Å². The van der Waals surface area contributed by atoms with Crippen LogP contribution in [0.15, 0.2) is 30.7 Å². The van der Waals surface area contributed by atoms with Crippen LogP contribution >= 0.6 is 0 Å². The minimum Gasteiger partial charge on any atom is -0.379 e. The van der Waals surface area contributed by atoms with E-state index in [1.807, 2.05) is 25.4 Å². The molecule has 0 bridgehead atoms. The van der Waals surface area contributed by atoms with Gasteiger partial charge in [-0.2, -0.15) is 0 Å². The van der Waals surface area contributed by atoms with Gasteiger partial charge in [-0.15, -0.1) is 5.10 Å². The summed E-state index contributed by atoms with van der Waals surface area (Å²) < 4.78 is 6.97. The molecule has 0 atom stereocenters. The molecule has 0 radical (unpaired) electrons. The molecule has 8 nitrogen and oxygen atoms in total. The third-order valence-corrected chi connectivity index (χ3v) is 4.40. The van der Waals surface area contributed by atoms with E-state index in [9.17, 15) is 4.79 Å². The quantitative estimate of drug-likeness (QED) is 0.673. The molecule has 0 N–H and O–H groups in total. The van der Waals surface area contributed by atoms with Crippen LogP contribution in [0.5, 0.6) is 0 Å². The molecule has 134 valence electrons. The van der Waals surface area contributed by atoms with Crippen LogP contribution in [-0.4, -0.2) is 68.5 Å². The average Bonchev–Trinajstić information content (AvgIpc) is 3.08. The molecule has 8 heteroatoms. The summed E-state index contributed by atoms with van der Waals surface area (Å²) in [5.74, 6) is 0.164. The van der Waals surface area contributed by atoms with Crippen molar-refractivity contribution in [2.24, 2.45) is 7.05 Å². The lowest BCUT2D eigenvalue weighted by Crippen LogP contribution is -2.39. The van der Waals surface area contributed by atoms with Crippen LogP contribution < -0.4 is 0 Å². The molecule has 3 aromatic heterocycles. The molecule has 4 rings (SSSR count). The third-order valence-electron chi connectivity index (χ3n) is 4.40. The highest BCUT2D eigenvalue weighted by Gasteiger charge is 2.15. The van der Waals surface area contributed by atoms with Gasteiger partial charge in [0, 0.05) is 43.0 Å². The van der Waals surface area contributed by atoms with Gasteiger partial charge in [0.25, 0.3) is 0 Å². The Kier molecular flexibility index (Phi) is 4.68. The number of morpholine rings is 1. The Labute approximate surface area is 150 Å². The van der Waals surface area contributed by atoms with Gasteiger partial charge in [-0.05, 0) is 12.1 Å². The Morgan fingerprint density at radius 3 is 2.81 bits per heavy atom.